The van der Waals surface area contributed by atoms with Crippen molar-refractivity contribution in [1.82, 2.24) is 15.5 Å². The Labute approximate surface area is 177 Å². The van der Waals surface area contributed by atoms with E-state index in [0.29, 0.717) is 6.04 Å². The Morgan fingerprint density at radius 2 is 2.00 bits per heavy atom. The molecular weight excluding hydrogens is 392 g/mol. The zero-order valence-electron chi connectivity index (χ0n) is 17.1. The first-order valence-electron chi connectivity index (χ1n) is 10.3. The number of hydrogen-bond donors (Lipinski definition) is 2. The molecule has 2 aliphatic heterocycles. The molecule has 1 unspecified atom stereocenters. The number of ether oxygens (including phenoxy) is 2. The van der Waals surface area contributed by atoms with Crippen LogP contribution >= 0.6 is 23.1 Å². The maximum absolute atomic E-state index is 5.56. The van der Waals surface area contributed by atoms with E-state index in [0.717, 1.165) is 78.0 Å². The van der Waals surface area contributed by atoms with E-state index in [1.54, 1.807) is 0 Å². The number of thioether (sulfide) groups is 1. The van der Waals surface area contributed by atoms with E-state index in [9.17, 15) is 0 Å². The highest BCUT2D eigenvalue weighted by Gasteiger charge is 2.31. The molecule has 2 fully saturated rings. The highest BCUT2D eigenvalue weighted by Crippen LogP contribution is 2.34. The molecule has 1 aromatic heterocycles. The Morgan fingerprint density at radius 1 is 1.25 bits per heavy atom. The number of thiophene rings is 1. The second-order valence-electron chi connectivity index (χ2n) is 7.26. The van der Waals surface area contributed by atoms with Gasteiger partial charge in [0.2, 0.25) is 0 Å². The predicted octanol–water partition coefficient (Wildman–Crippen LogP) is 2.59. The van der Waals surface area contributed by atoms with Gasteiger partial charge in [0.15, 0.2) is 5.96 Å². The molecule has 28 heavy (non-hydrogen) atoms. The second kappa shape index (κ2) is 11.4. The number of rotatable bonds is 8. The molecule has 6 nitrogen and oxygen atoms in total. The van der Waals surface area contributed by atoms with Crippen LogP contribution < -0.4 is 10.6 Å². The summed E-state index contributed by atoms with van der Waals surface area (Å²) in [7, 11) is 0. The fraction of sp³-hybridized carbons (Fsp3) is 0.750. The predicted molar refractivity (Wildman–Crippen MR) is 120 cm³/mol. The molecule has 1 atom stereocenters. The highest BCUT2D eigenvalue weighted by molar-refractivity contribution is 8.00. The largest absolute Gasteiger partial charge is 0.381 e. The minimum Gasteiger partial charge on any atom is -0.381 e. The van der Waals surface area contributed by atoms with Crippen molar-refractivity contribution in [1.29, 1.82) is 0 Å². The van der Waals surface area contributed by atoms with Crippen LogP contribution in [-0.4, -0.2) is 81.0 Å². The van der Waals surface area contributed by atoms with Crippen molar-refractivity contribution in [3.63, 3.8) is 0 Å². The quantitative estimate of drug-likeness (QED) is 0.492. The molecule has 2 aliphatic rings. The van der Waals surface area contributed by atoms with Crippen LogP contribution in [0, 0.1) is 0 Å². The summed E-state index contributed by atoms with van der Waals surface area (Å²) < 4.78 is 11.3. The number of morpholine rings is 1. The number of nitrogens with zero attached hydrogens (tertiary/aromatic N) is 2. The summed E-state index contributed by atoms with van der Waals surface area (Å²) in [6, 6.07) is 4.73. The van der Waals surface area contributed by atoms with Crippen LogP contribution in [0.2, 0.25) is 0 Å². The lowest BCUT2D eigenvalue weighted by Gasteiger charge is -2.35. The summed E-state index contributed by atoms with van der Waals surface area (Å²) in [4.78, 5) is 8.88. The van der Waals surface area contributed by atoms with Gasteiger partial charge in [-0.3, -0.25) is 9.89 Å². The van der Waals surface area contributed by atoms with Crippen molar-refractivity contribution in [2.24, 2.45) is 4.99 Å². The Morgan fingerprint density at radius 3 is 2.64 bits per heavy atom. The molecule has 0 radical (unpaired) electrons. The van der Waals surface area contributed by atoms with Crippen LogP contribution in [0.1, 0.15) is 30.7 Å². The molecular formula is C20H34N4O2S2. The molecule has 2 saturated heterocycles. The van der Waals surface area contributed by atoms with Gasteiger partial charge in [-0.15, -0.1) is 11.3 Å². The first-order valence-corrected chi connectivity index (χ1v) is 12.4. The molecule has 8 heteroatoms. The molecule has 2 N–H and O–H groups in total. The summed E-state index contributed by atoms with van der Waals surface area (Å²) in [5, 5.41) is 9.20. The molecule has 3 rings (SSSR count). The van der Waals surface area contributed by atoms with Crippen LogP contribution in [-0.2, 0) is 9.47 Å². The van der Waals surface area contributed by atoms with Gasteiger partial charge < -0.3 is 20.1 Å². The summed E-state index contributed by atoms with van der Waals surface area (Å²) in [5.41, 5.74) is 0. The molecule has 158 valence electrons. The van der Waals surface area contributed by atoms with E-state index in [-0.39, 0.29) is 4.75 Å². The average Bonchev–Trinajstić information content (AvgIpc) is 3.28. The third-order valence-corrected chi connectivity index (χ3v) is 7.90. The monoisotopic (exact) mass is 426 g/mol. The summed E-state index contributed by atoms with van der Waals surface area (Å²) in [5.74, 6) is 0.914. The average molecular weight is 427 g/mol. The molecule has 0 saturated carbocycles. The van der Waals surface area contributed by atoms with Crippen LogP contribution in [0.15, 0.2) is 22.5 Å². The maximum Gasteiger partial charge on any atom is 0.191 e. The number of hydrogen-bond acceptors (Lipinski definition) is 6. The number of aliphatic imine (C=N–C) groups is 1. The third-order valence-electron chi connectivity index (χ3n) is 5.53. The van der Waals surface area contributed by atoms with Gasteiger partial charge in [0.05, 0.1) is 25.8 Å². The van der Waals surface area contributed by atoms with E-state index in [4.69, 9.17) is 14.5 Å². The van der Waals surface area contributed by atoms with E-state index >= 15 is 0 Å². The van der Waals surface area contributed by atoms with Crippen LogP contribution in [0.3, 0.4) is 0 Å². The minimum atomic E-state index is 0.206. The minimum absolute atomic E-state index is 0.206. The summed E-state index contributed by atoms with van der Waals surface area (Å²) in [6.45, 7) is 9.94. The number of nitrogens with one attached hydrogen (secondary N) is 2. The maximum atomic E-state index is 5.56. The zero-order valence-corrected chi connectivity index (χ0v) is 18.7. The highest BCUT2D eigenvalue weighted by atomic mass is 32.2. The molecule has 3 heterocycles. The smallest absolute Gasteiger partial charge is 0.191 e. The first-order chi connectivity index (χ1) is 13.8. The zero-order chi connectivity index (χ0) is 19.7. The number of guanidine groups is 1. The van der Waals surface area contributed by atoms with Crippen LogP contribution in [0.5, 0.6) is 0 Å². The van der Waals surface area contributed by atoms with Crippen LogP contribution in [0.4, 0.5) is 0 Å². The van der Waals surface area contributed by atoms with Crippen molar-refractivity contribution >= 4 is 29.1 Å². The Bertz CT molecular complexity index is 585. The molecule has 0 amide bonds. The Hall–Kier alpha value is -0.800. The summed E-state index contributed by atoms with van der Waals surface area (Å²) in [6.07, 6.45) is 4.35. The van der Waals surface area contributed by atoms with E-state index in [1.807, 2.05) is 23.1 Å². The fourth-order valence-corrected chi connectivity index (χ4v) is 5.34. The second-order valence-corrected chi connectivity index (χ2v) is 9.51. The van der Waals surface area contributed by atoms with Crippen molar-refractivity contribution in [3.8, 4) is 0 Å². The molecule has 0 aromatic carbocycles. The topological polar surface area (TPSA) is 58.1 Å². The molecule has 0 aliphatic carbocycles. The van der Waals surface area contributed by atoms with E-state index in [2.05, 4.69) is 46.2 Å². The van der Waals surface area contributed by atoms with Gasteiger partial charge in [-0.1, -0.05) is 6.07 Å². The van der Waals surface area contributed by atoms with E-state index in [1.165, 1.54) is 4.88 Å². The van der Waals surface area contributed by atoms with Crippen molar-refractivity contribution in [2.45, 2.75) is 30.6 Å². The SMILES string of the molecule is CCNC(=NCC1(SC)CCOCC1)NCC(c1cccs1)N1CCOCC1. The lowest BCUT2D eigenvalue weighted by atomic mass is 9.99. The van der Waals surface area contributed by atoms with Gasteiger partial charge in [-0.25, -0.2) is 0 Å². The molecule has 1 aromatic rings. The van der Waals surface area contributed by atoms with E-state index < -0.39 is 0 Å². The Balaban J connectivity index is 1.64. The third kappa shape index (κ3) is 6.10. The first kappa shape index (κ1) is 21.9. The summed E-state index contributed by atoms with van der Waals surface area (Å²) >= 11 is 3.76. The van der Waals surface area contributed by atoms with Crippen molar-refractivity contribution in [3.05, 3.63) is 22.4 Å². The van der Waals surface area contributed by atoms with Gasteiger partial charge >= 0.3 is 0 Å². The van der Waals surface area contributed by atoms with Gasteiger partial charge in [-0.05, 0) is 37.5 Å². The van der Waals surface area contributed by atoms with Gasteiger partial charge in [0.25, 0.3) is 0 Å². The van der Waals surface area contributed by atoms with Crippen LogP contribution in [0.25, 0.3) is 0 Å². The normalized spacial score (nSPS) is 22.0. The Kier molecular flexibility index (Phi) is 8.92. The van der Waals surface area contributed by atoms with Gasteiger partial charge in [0, 0.05) is 49.0 Å². The molecule has 0 spiro atoms. The van der Waals surface area contributed by atoms with Gasteiger partial charge in [-0.2, -0.15) is 11.8 Å². The van der Waals surface area contributed by atoms with Crippen molar-refractivity contribution < 1.29 is 9.47 Å². The lowest BCUT2D eigenvalue weighted by molar-refractivity contribution is 0.0177. The fourth-order valence-electron chi connectivity index (χ4n) is 3.71. The van der Waals surface area contributed by atoms with Gasteiger partial charge in [0.1, 0.15) is 0 Å². The molecule has 0 bridgehead atoms. The van der Waals surface area contributed by atoms with Crippen molar-refractivity contribution in [2.75, 3.05) is 65.4 Å². The standard InChI is InChI=1S/C20H34N4O2S2/c1-3-21-19(23-16-20(27-2)6-10-25-11-7-20)22-15-17(18-5-4-14-28-18)24-8-12-26-13-9-24/h4-5,14,17H,3,6-13,15-16H2,1-2H3,(H2,21,22,23). The lowest BCUT2D eigenvalue weighted by Crippen LogP contribution is -2.46.